The minimum absolute atomic E-state index is 0.0567. The Balaban J connectivity index is 2.67. The Hall–Kier alpha value is -1.47. The minimum Gasteiger partial charge on any atom is -0.476 e. The van der Waals surface area contributed by atoms with Crippen LogP contribution in [0.4, 0.5) is 0 Å². The summed E-state index contributed by atoms with van der Waals surface area (Å²) < 4.78 is 5.47. The second-order valence-electron chi connectivity index (χ2n) is 5.64. The molecule has 0 fully saturated rings. The van der Waals surface area contributed by atoms with Crippen LogP contribution in [0.25, 0.3) is 0 Å². The van der Waals surface area contributed by atoms with E-state index in [1.54, 1.807) is 0 Å². The largest absolute Gasteiger partial charge is 0.476 e. The summed E-state index contributed by atoms with van der Waals surface area (Å²) in [6, 6.07) is 1.00. The summed E-state index contributed by atoms with van der Waals surface area (Å²) in [5.74, 6) is -1.40. The average Bonchev–Trinajstić information content (AvgIpc) is 2.67. The van der Waals surface area contributed by atoms with Gasteiger partial charge in [-0.15, -0.1) is 0 Å². The first kappa shape index (κ1) is 15.6. The van der Waals surface area contributed by atoms with Crippen molar-refractivity contribution in [2.24, 2.45) is 0 Å². The number of nitrogens with one attached hydrogen (secondary N) is 1. The van der Waals surface area contributed by atoms with Gasteiger partial charge in [0, 0.05) is 21.6 Å². The summed E-state index contributed by atoms with van der Waals surface area (Å²) in [5.41, 5.74) is 0.200. The van der Waals surface area contributed by atoms with Gasteiger partial charge >= 0.3 is 5.97 Å². The molecule has 1 rings (SSSR count). The maximum absolute atomic E-state index is 11.2. The number of ether oxygens (including phenoxy) is 1. The molecule has 2 N–H and O–H groups in total. The number of H-pyrrole nitrogens is 1. The monoisotopic (exact) mass is 284 g/mol. The third-order valence-electron chi connectivity index (χ3n) is 2.56. The molecule has 0 aliphatic carbocycles. The number of hydrogen-bond acceptors (Lipinski definition) is 4. The molecule has 0 unspecified atom stereocenters. The number of aromatic amines is 1. The van der Waals surface area contributed by atoms with E-state index >= 15 is 0 Å². The highest BCUT2D eigenvalue weighted by atomic mass is 28.3. The number of Topliss-reactive ketones (excluding diaryl/α,β-unsaturated/α-hetero) is 1. The van der Waals surface area contributed by atoms with Crippen molar-refractivity contribution in [1.82, 2.24) is 9.97 Å². The van der Waals surface area contributed by atoms with Crippen LogP contribution in [-0.4, -0.2) is 41.5 Å². The van der Waals surface area contributed by atoms with Gasteiger partial charge in [0.15, 0.2) is 17.3 Å². The van der Waals surface area contributed by atoms with E-state index in [0.29, 0.717) is 12.3 Å². The Morgan fingerprint density at radius 3 is 2.47 bits per heavy atom. The van der Waals surface area contributed by atoms with Gasteiger partial charge in [-0.25, -0.2) is 9.78 Å². The SMILES string of the molecule is CC(=O)c1nc(C(=O)O)c(COCC[Si](C)(C)C)[nH]1. The first-order valence-corrected chi connectivity index (χ1v) is 9.82. The Morgan fingerprint density at radius 2 is 2.00 bits per heavy atom. The number of carboxylic acids is 1. The van der Waals surface area contributed by atoms with Gasteiger partial charge in [-0.2, -0.15) is 0 Å². The van der Waals surface area contributed by atoms with E-state index in [0.717, 1.165) is 6.04 Å². The fourth-order valence-electron chi connectivity index (χ4n) is 1.41. The molecule has 0 aliphatic heterocycles. The van der Waals surface area contributed by atoms with Crippen molar-refractivity contribution in [2.75, 3.05) is 6.61 Å². The standard InChI is InChI=1S/C12H20N2O4Si/c1-8(15)11-13-9(10(14-11)12(16)17)7-18-5-6-19(2,3)4/h5-7H2,1-4H3,(H,13,14)(H,16,17). The van der Waals surface area contributed by atoms with E-state index in [4.69, 9.17) is 9.84 Å². The Labute approximate surface area is 113 Å². The molecule has 6 nitrogen and oxygen atoms in total. The van der Waals surface area contributed by atoms with E-state index in [1.165, 1.54) is 6.92 Å². The molecular formula is C12H20N2O4Si. The van der Waals surface area contributed by atoms with E-state index in [2.05, 4.69) is 29.6 Å². The first-order chi connectivity index (χ1) is 8.70. The van der Waals surface area contributed by atoms with E-state index in [1.807, 2.05) is 0 Å². The lowest BCUT2D eigenvalue weighted by molar-refractivity contribution is 0.0682. The number of aromatic nitrogens is 2. The van der Waals surface area contributed by atoms with Crippen molar-refractivity contribution in [2.45, 2.75) is 39.2 Å². The number of imidazole rings is 1. The van der Waals surface area contributed by atoms with Gasteiger partial charge in [-0.3, -0.25) is 4.79 Å². The molecular weight excluding hydrogens is 264 g/mol. The smallest absolute Gasteiger partial charge is 0.356 e. The lowest BCUT2D eigenvalue weighted by Crippen LogP contribution is -2.21. The average molecular weight is 284 g/mol. The molecule has 0 radical (unpaired) electrons. The van der Waals surface area contributed by atoms with Crippen LogP contribution in [-0.2, 0) is 11.3 Å². The predicted octanol–water partition coefficient (Wildman–Crippen LogP) is 2.17. The maximum Gasteiger partial charge on any atom is 0.356 e. The van der Waals surface area contributed by atoms with Crippen molar-refractivity contribution in [3.05, 3.63) is 17.2 Å². The van der Waals surface area contributed by atoms with Crippen LogP contribution < -0.4 is 0 Å². The first-order valence-electron chi connectivity index (χ1n) is 6.11. The Kier molecular flexibility index (Phi) is 5.02. The molecule has 19 heavy (non-hydrogen) atoms. The van der Waals surface area contributed by atoms with Gasteiger partial charge in [-0.1, -0.05) is 19.6 Å². The predicted molar refractivity (Wildman–Crippen MR) is 73.4 cm³/mol. The molecule has 0 saturated heterocycles. The second-order valence-corrected chi connectivity index (χ2v) is 11.3. The van der Waals surface area contributed by atoms with Crippen LogP contribution in [0.5, 0.6) is 0 Å². The molecule has 0 amide bonds. The number of nitrogens with zero attached hydrogens (tertiary/aromatic N) is 1. The van der Waals surface area contributed by atoms with E-state index in [9.17, 15) is 9.59 Å². The molecule has 0 aliphatic rings. The molecule has 0 saturated carbocycles. The zero-order valence-corrected chi connectivity index (χ0v) is 12.7. The molecule has 0 spiro atoms. The normalized spacial score (nSPS) is 11.6. The summed E-state index contributed by atoms with van der Waals surface area (Å²) in [6.45, 7) is 8.77. The van der Waals surface area contributed by atoms with Crippen LogP contribution in [0.15, 0.2) is 0 Å². The van der Waals surface area contributed by atoms with Crippen molar-refractivity contribution < 1.29 is 19.4 Å². The molecule has 0 bridgehead atoms. The topological polar surface area (TPSA) is 92.3 Å². The number of aromatic carboxylic acids is 1. The molecule has 1 aromatic rings. The summed E-state index contributed by atoms with van der Waals surface area (Å²) in [7, 11) is -1.16. The third-order valence-corrected chi connectivity index (χ3v) is 4.26. The fraction of sp³-hybridized carbons (Fsp3) is 0.583. The summed E-state index contributed by atoms with van der Waals surface area (Å²) in [6.07, 6.45) is 0. The molecule has 0 atom stereocenters. The van der Waals surface area contributed by atoms with Gasteiger partial charge < -0.3 is 14.8 Å². The van der Waals surface area contributed by atoms with Crippen LogP contribution >= 0.6 is 0 Å². The maximum atomic E-state index is 11.2. The van der Waals surface area contributed by atoms with Gasteiger partial charge in [0.25, 0.3) is 0 Å². The molecule has 0 aromatic carbocycles. The highest BCUT2D eigenvalue weighted by molar-refractivity contribution is 6.76. The highest BCUT2D eigenvalue weighted by Crippen LogP contribution is 2.11. The molecule has 106 valence electrons. The number of ketones is 1. The number of carboxylic acid groups (broad SMARTS) is 1. The van der Waals surface area contributed by atoms with E-state index < -0.39 is 14.0 Å². The lowest BCUT2D eigenvalue weighted by Gasteiger charge is -2.15. The lowest BCUT2D eigenvalue weighted by atomic mass is 10.3. The summed E-state index contributed by atoms with van der Waals surface area (Å²) >= 11 is 0. The number of carbonyl (C=O) groups excluding carboxylic acids is 1. The van der Waals surface area contributed by atoms with Crippen LogP contribution in [0.1, 0.15) is 33.7 Å². The van der Waals surface area contributed by atoms with Gasteiger partial charge in [0.05, 0.1) is 12.3 Å². The van der Waals surface area contributed by atoms with Crippen molar-refractivity contribution in [3.63, 3.8) is 0 Å². The Bertz CT molecular complexity index is 477. The number of hydrogen-bond donors (Lipinski definition) is 2. The van der Waals surface area contributed by atoms with Crippen LogP contribution in [0.3, 0.4) is 0 Å². The highest BCUT2D eigenvalue weighted by Gasteiger charge is 2.19. The van der Waals surface area contributed by atoms with Gasteiger partial charge in [-0.05, 0) is 6.04 Å². The quantitative estimate of drug-likeness (QED) is 0.455. The fourth-order valence-corrected chi connectivity index (χ4v) is 2.17. The Morgan fingerprint density at radius 1 is 1.37 bits per heavy atom. The minimum atomic E-state index is -1.16. The van der Waals surface area contributed by atoms with Crippen molar-refractivity contribution in [1.29, 1.82) is 0 Å². The van der Waals surface area contributed by atoms with Crippen molar-refractivity contribution >= 4 is 19.8 Å². The van der Waals surface area contributed by atoms with Gasteiger partial charge in [0.1, 0.15) is 0 Å². The molecule has 7 heteroatoms. The summed E-state index contributed by atoms with van der Waals surface area (Å²) in [4.78, 5) is 28.6. The summed E-state index contributed by atoms with van der Waals surface area (Å²) in [5, 5.41) is 9.00. The van der Waals surface area contributed by atoms with Crippen LogP contribution in [0, 0.1) is 0 Å². The van der Waals surface area contributed by atoms with E-state index in [-0.39, 0.29) is 23.9 Å². The number of carbonyl (C=O) groups is 2. The molecule has 1 aromatic heterocycles. The number of rotatable bonds is 7. The van der Waals surface area contributed by atoms with Gasteiger partial charge in [0.2, 0.25) is 0 Å². The van der Waals surface area contributed by atoms with Crippen LogP contribution in [0.2, 0.25) is 25.7 Å². The zero-order valence-electron chi connectivity index (χ0n) is 11.7. The second kappa shape index (κ2) is 6.11. The molecule has 1 heterocycles. The zero-order chi connectivity index (χ0) is 14.6. The van der Waals surface area contributed by atoms with Crippen molar-refractivity contribution in [3.8, 4) is 0 Å². The third kappa shape index (κ3) is 4.96.